The molecule has 2 rings (SSSR count). The van der Waals surface area contributed by atoms with Crippen molar-refractivity contribution < 1.29 is 4.74 Å². The number of benzene rings is 1. The molecule has 2 nitrogen and oxygen atoms in total. The molecule has 0 atom stereocenters. The van der Waals surface area contributed by atoms with E-state index in [4.69, 9.17) is 4.74 Å². The first-order valence-corrected chi connectivity index (χ1v) is 6.52. The van der Waals surface area contributed by atoms with Crippen LogP contribution in [-0.2, 0) is 10.2 Å². The fraction of sp³-hybridized carbons (Fsp3) is 0.538. The van der Waals surface area contributed by atoms with Crippen LogP contribution in [0.5, 0.6) is 0 Å². The van der Waals surface area contributed by atoms with Crippen LogP contribution in [0, 0.1) is 0 Å². The highest BCUT2D eigenvalue weighted by Gasteiger charge is 2.43. The van der Waals surface area contributed by atoms with Crippen LogP contribution in [0.3, 0.4) is 0 Å². The SMILES string of the molecule is COCCNCC1(c2ccc(Br)cc2)CC1. The maximum atomic E-state index is 5.03. The maximum Gasteiger partial charge on any atom is 0.0587 e. The molecule has 0 saturated heterocycles. The van der Waals surface area contributed by atoms with Gasteiger partial charge in [-0.05, 0) is 30.5 Å². The predicted octanol–water partition coefficient (Wildman–Crippen LogP) is 2.72. The number of nitrogens with one attached hydrogen (secondary N) is 1. The van der Waals surface area contributed by atoms with Crippen molar-refractivity contribution in [2.75, 3.05) is 26.8 Å². The van der Waals surface area contributed by atoms with Gasteiger partial charge < -0.3 is 10.1 Å². The minimum atomic E-state index is 0.397. The molecule has 0 radical (unpaired) electrons. The van der Waals surface area contributed by atoms with E-state index in [2.05, 4.69) is 45.5 Å². The summed E-state index contributed by atoms with van der Waals surface area (Å²) in [6.45, 7) is 2.79. The van der Waals surface area contributed by atoms with Crippen LogP contribution < -0.4 is 5.32 Å². The Morgan fingerprint density at radius 2 is 2.00 bits per heavy atom. The third-order valence-electron chi connectivity index (χ3n) is 3.26. The quantitative estimate of drug-likeness (QED) is 0.811. The predicted molar refractivity (Wildman–Crippen MR) is 69.8 cm³/mol. The molecule has 1 fully saturated rings. The maximum absolute atomic E-state index is 5.03. The Bertz CT molecular complexity index is 332. The molecule has 88 valence electrons. The van der Waals surface area contributed by atoms with E-state index < -0.39 is 0 Å². The number of hydrogen-bond donors (Lipinski definition) is 1. The van der Waals surface area contributed by atoms with Crippen molar-refractivity contribution in [2.45, 2.75) is 18.3 Å². The zero-order chi connectivity index (χ0) is 11.4. The Morgan fingerprint density at radius 3 is 2.56 bits per heavy atom. The van der Waals surface area contributed by atoms with Gasteiger partial charge in [0.05, 0.1) is 6.61 Å². The molecule has 1 N–H and O–H groups in total. The highest BCUT2D eigenvalue weighted by atomic mass is 79.9. The summed E-state index contributed by atoms with van der Waals surface area (Å²) >= 11 is 3.47. The Balaban J connectivity index is 1.90. The summed E-state index contributed by atoms with van der Waals surface area (Å²) in [5.74, 6) is 0. The monoisotopic (exact) mass is 283 g/mol. The van der Waals surface area contributed by atoms with Gasteiger partial charge in [-0.25, -0.2) is 0 Å². The summed E-state index contributed by atoms with van der Waals surface area (Å²) in [7, 11) is 1.74. The van der Waals surface area contributed by atoms with E-state index in [0.717, 1.165) is 24.2 Å². The molecule has 0 heterocycles. The standard InChI is InChI=1S/C13H18BrNO/c1-16-9-8-15-10-13(6-7-13)11-2-4-12(14)5-3-11/h2-5,15H,6-10H2,1H3. The molecule has 0 aromatic heterocycles. The third-order valence-corrected chi connectivity index (χ3v) is 3.79. The first-order chi connectivity index (χ1) is 7.77. The van der Waals surface area contributed by atoms with Crippen molar-refractivity contribution in [3.05, 3.63) is 34.3 Å². The molecule has 0 bridgehead atoms. The van der Waals surface area contributed by atoms with Crippen molar-refractivity contribution in [3.8, 4) is 0 Å². The van der Waals surface area contributed by atoms with Gasteiger partial charge in [-0.2, -0.15) is 0 Å². The van der Waals surface area contributed by atoms with Gasteiger partial charge in [-0.15, -0.1) is 0 Å². The van der Waals surface area contributed by atoms with Gasteiger partial charge in [0.25, 0.3) is 0 Å². The molecule has 1 saturated carbocycles. The van der Waals surface area contributed by atoms with Gasteiger partial charge in [0.15, 0.2) is 0 Å². The van der Waals surface area contributed by atoms with Crippen LogP contribution in [0.25, 0.3) is 0 Å². The molecule has 0 unspecified atom stereocenters. The Hall–Kier alpha value is -0.380. The highest BCUT2D eigenvalue weighted by molar-refractivity contribution is 9.10. The number of rotatable bonds is 6. The molecule has 16 heavy (non-hydrogen) atoms. The van der Waals surface area contributed by atoms with Crippen molar-refractivity contribution in [1.82, 2.24) is 5.32 Å². The Kier molecular flexibility index (Phi) is 4.00. The molecule has 1 aliphatic rings. The number of halogens is 1. The van der Waals surface area contributed by atoms with E-state index in [-0.39, 0.29) is 0 Å². The molecule has 1 aromatic rings. The van der Waals surface area contributed by atoms with Gasteiger partial charge in [0, 0.05) is 30.1 Å². The summed E-state index contributed by atoms with van der Waals surface area (Å²) < 4.78 is 6.18. The van der Waals surface area contributed by atoms with Gasteiger partial charge in [0.1, 0.15) is 0 Å². The average molecular weight is 284 g/mol. The summed E-state index contributed by atoms with van der Waals surface area (Å²) in [6, 6.07) is 8.72. The zero-order valence-electron chi connectivity index (χ0n) is 9.63. The van der Waals surface area contributed by atoms with Crippen LogP contribution in [0.4, 0.5) is 0 Å². The molecule has 0 amide bonds. The summed E-state index contributed by atoms with van der Waals surface area (Å²) in [4.78, 5) is 0. The molecule has 1 aliphatic carbocycles. The lowest BCUT2D eigenvalue weighted by atomic mass is 9.96. The second kappa shape index (κ2) is 5.30. The number of methoxy groups -OCH3 is 1. The number of hydrogen-bond acceptors (Lipinski definition) is 2. The van der Waals surface area contributed by atoms with Crippen molar-refractivity contribution in [2.24, 2.45) is 0 Å². The topological polar surface area (TPSA) is 21.3 Å². The van der Waals surface area contributed by atoms with Crippen molar-refractivity contribution >= 4 is 15.9 Å². The lowest BCUT2D eigenvalue weighted by Crippen LogP contribution is -2.29. The van der Waals surface area contributed by atoms with E-state index in [0.29, 0.717) is 5.41 Å². The summed E-state index contributed by atoms with van der Waals surface area (Å²) in [6.07, 6.45) is 2.60. The van der Waals surface area contributed by atoms with Gasteiger partial charge in [0.2, 0.25) is 0 Å². The van der Waals surface area contributed by atoms with E-state index in [1.165, 1.54) is 18.4 Å². The smallest absolute Gasteiger partial charge is 0.0587 e. The fourth-order valence-corrected chi connectivity index (χ4v) is 2.29. The molecule has 0 aliphatic heterocycles. The molecule has 3 heteroatoms. The first kappa shape index (κ1) is 12.1. The molecule has 0 spiro atoms. The van der Waals surface area contributed by atoms with E-state index in [1.54, 1.807) is 7.11 Å². The van der Waals surface area contributed by atoms with Gasteiger partial charge >= 0.3 is 0 Å². The van der Waals surface area contributed by atoms with Crippen LogP contribution in [0.1, 0.15) is 18.4 Å². The lowest BCUT2D eigenvalue weighted by Gasteiger charge is -2.16. The van der Waals surface area contributed by atoms with Crippen LogP contribution >= 0.6 is 15.9 Å². The second-order valence-electron chi connectivity index (χ2n) is 4.46. The summed E-state index contributed by atoms with van der Waals surface area (Å²) in [5.41, 5.74) is 1.86. The zero-order valence-corrected chi connectivity index (χ0v) is 11.2. The minimum Gasteiger partial charge on any atom is -0.383 e. The Labute approximate surface area is 106 Å². The largest absolute Gasteiger partial charge is 0.383 e. The van der Waals surface area contributed by atoms with Crippen LogP contribution in [-0.4, -0.2) is 26.8 Å². The normalized spacial score (nSPS) is 17.4. The average Bonchev–Trinajstić information content (AvgIpc) is 3.07. The lowest BCUT2D eigenvalue weighted by molar-refractivity contribution is 0.198. The number of ether oxygens (including phenoxy) is 1. The van der Waals surface area contributed by atoms with Gasteiger partial charge in [-0.1, -0.05) is 28.1 Å². The molecular formula is C13H18BrNO. The highest BCUT2D eigenvalue weighted by Crippen LogP contribution is 2.47. The minimum absolute atomic E-state index is 0.397. The fourth-order valence-electron chi connectivity index (χ4n) is 2.02. The van der Waals surface area contributed by atoms with Crippen LogP contribution in [0.15, 0.2) is 28.7 Å². The molecular weight excluding hydrogens is 266 g/mol. The third kappa shape index (κ3) is 2.84. The first-order valence-electron chi connectivity index (χ1n) is 5.73. The summed E-state index contributed by atoms with van der Waals surface area (Å²) in [5, 5.41) is 3.47. The van der Waals surface area contributed by atoms with E-state index >= 15 is 0 Å². The van der Waals surface area contributed by atoms with Crippen molar-refractivity contribution in [1.29, 1.82) is 0 Å². The van der Waals surface area contributed by atoms with E-state index in [9.17, 15) is 0 Å². The van der Waals surface area contributed by atoms with Gasteiger partial charge in [-0.3, -0.25) is 0 Å². The van der Waals surface area contributed by atoms with Crippen molar-refractivity contribution in [3.63, 3.8) is 0 Å². The molecule has 1 aromatic carbocycles. The van der Waals surface area contributed by atoms with Crippen LogP contribution in [0.2, 0.25) is 0 Å². The van der Waals surface area contributed by atoms with E-state index in [1.807, 2.05) is 0 Å². The second-order valence-corrected chi connectivity index (χ2v) is 5.37. The Morgan fingerprint density at radius 1 is 1.31 bits per heavy atom.